The molecule has 0 aliphatic rings. The van der Waals surface area contributed by atoms with E-state index in [-0.39, 0.29) is 11.9 Å². The van der Waals surface area contributed by atoms with Gasteiger partial charge in [-0.05, 0) is 19.4 Å². The summed E-state index contributed by atoms with van der Waals surface area (Å²) in [7, 11) is 0. The van der Waals surface area contributed by atoms with Crippen molar-refractivity contribution in [3.63, 3.8) is 0 Å². The van der Waals surface area contributed by atoms with Crippen LogP contribution < -0.4 is 5.73 Å². The van der Waals surface area contributed by atoms with E-state index in [9.17, 15) is 4.79 Å². The highest BCUT2D eigenvalue weighted by molar-refractivity contribution is 5.71. The van der Waals surface area contributed by atoms with E-state index in [1.165, 1.54) is 32.1 Å². The van der Waals surface area contributed by atoms with Crippen LogP contribution >= 0.6 is 0 Å². The summed E-state index contributed by atoms with van der Waals surface area (Å²) in [6.07, 6.45) is 8.01. The molecule has 0 aliphatic heterocycles. The van der Waals surface area contributed by atoms with Gasteiger partial charge in [-0.25, -0.2) is 0 Å². The molecular weight excluding hydrogens is 202 g/mol. The molecule has 16 heavy (non-hydrogen) atoms. The molecule has 96 valence electrons. The second-order valence-corrected chi connectivity index (χ2v) is 4.41. The van der Waals surface area contributed by atoms with Gasteiger partial charge < -0.3 is 10.5 Å². The van der Waals surface area contributed by atoms with E-state index in [2.05, 4.69) is 6.92 Å². The zero-order chi connectivity index (χ0) is 12.2. The molecule has 0 saturated heterocycles. The molecule has 3 heteroatoms. The van der Waals surface area contributed by atoms with Crippen molar-refractivity contribution in [3.8, 4) is 0 Å². The molecule has 1 unspecified atom stereocenters. The first-order valence-electron chi connectivity index (χ1n) is 6.59. The van der Waals surface area contributed by atoms with Crippen molar-refractivity contribution < 1.29 is 9.53 Å². The quantitative estimate of drug-likeness (QED) is 0.463. The van der Waals surface area contributed by atoms with Crippen LogP contribution in [0.2, 0.25) is 0 Å². The Morgan fingerprint density at radius 2 is 1.81 bits per heavy atom. The molecule has 0 fully saturated rings. The summed E-state index contributed by atoms with van der Waals surface area (Å²) in [6.45, 7) is 5.20. The SMILES string of the molecule is CCCCCCCCOC(=O)C(C)CCN. The van der Waals surface area contributed by atoms with E-state index in [1.54, 1.807) is 0 Å². The van der Waals surface area contributed by atoms with Crippen LogP contribution in [-0.2, 0) is 9.53 Å². The number of esters is 1. The van der Waals surface area contributed by atoms with Crippen LogP contribution in [0.15, 0.2) is 0 Å². The lowest BCUT2D eigenvalue weighted by Crippen LogP contribution is -2.18. The summed E-state index contributed by atoms with van der Waals surface area (Å²) in [5, 5.41) is 0. The molecule has 0 aromatic heterocycles. The predicted octanol–water partition coefficient (Wildman–Crippen LogP) is 2.88. The molecule has 0 aromatic carbocycles. The average molecular weight is 229 g/mol. The van der Waals surface area contributed by atoms with Gasteiger partial charge in [0.2, 0.25) is 0 Å². The molecule has 0 amide bonds. The van der Waals surface area contributed by atoms with Crippen molar-refractivity contribution >= 4 is 5.97 Å². The molecule has 0 saturated carbocycles. The van der Waals surface area contributed by atoms with Gasteiger partial charge in [0.05, 0.1) is 12.5 Å². The van der Waals surface area contributed by atoms with Gasteiger partial charge in [-0.15, -0.1) is 0 Å². The maximum Gasteiger partial charge on any atom is 0.308 e. The van der Waals surface area contributed by atoms with E-state index in [1.807, 2.05) is 6.92 Å². The van der Waals surface area contributed by atoms with Crippen LogP contribution in [-0.4, -0.2) is 19.1 Å². The third-order valence-corrected chi connectivity index (χ3v) is 2.74. The monoisotopic (exact) mass is 229 g/mol. The second-order valence-electron chi connectivity index (χ2n) is 4.41. The van der Waals surface area contributed by atoms with E-state index in [0.29, 0.717) is 13.2 Å². The number of hydrogen-bond acceptors (Lipinski definition) is 3. The maximum absolute atomic E-state index is 11.4. The Bertz CT molecular complexity index is 171. The zero-order valence-corrected chi connectivity index (χ0v) is 10.8. The number of ether oxygens (including phenoxy) is 1. The van der Waals surface area contributed by atoms with Crippen molar-refractivity contribution in [1.82, 2.24) is 0 Å². The minimum absolute atomic E-state index is 0.0508. The fourth-order valence-electron chi connectivity index (χ4n) is 1.57. The number of hydrogen-bond donors (Lipinski definition) is 1. The van der Waals surface area contributed by atoms with Crippen LogP contribution in [0, 0.1) is 5.92 Å². The third kappa shape index (κ3) is 8.72. The highest BCUT2D eigenvalue weighted by Gasteiger charge is 2.12. The van der Waals surface area contributed by atoms with E-state index >= 15 is 0 Å². The van der Waals surface area contributed by atoms with E-state index in [0.717, 1.165) is 12.8 Å². The lowest BCUT2D eigenvalue weighted by atomic mass is 10.1. The molecule has 3 nitrogen and oxygen atoms in total. The van der Waals surface area contributed by atoms with Crippen LogP contribution in [0.1, 0.15) is 58.8 Å². The van der Waals surface area contributed by atoms with Crippen molar-refractivity contribution in [2.75, 3.05) is 13.2 Å². The third-order valence-electron chi connectivity index (χ3n) is 2.74. The molecule has 0 heterocycles. The molecule has 0 aromatic rings. The summed E-state index contributed by atoms with van der Waals surface area (Å²) in [5.41, 5.74) is 5.38. The topological polar surface area (TPSA) is 52.3 Å². The summed E-state index contributed by atoms with van der Waals surface area (Å²) in [5.74, 6) is -0.149. The fourth-order valence-corrected chi connectivity index (χ4v) is 1.57. The summed E-state index contributed by atoms with van der Waals surface area (Å²) in [6, 6.07) is 0. The summed E-state index contributed by atoms with van der Waals surface area (Å²) in [4.78, 5) is 11.4. The first kappa shape index (κ1) is 15.4. The Morgan fingerprint density at radius 1 is 1.19 bits per heavy atom. The molecule has 1 atom stereocenters. The first-order valence-corrected chi connectivity index (χ1v) is 6.59. The normalized spacial score (nSPS) is 12.4. The van der Waals surface area contributed by atoms with Crippen molar-refractivity contribution in [1.29, 1.82) is 0 Å². The molecule has 0 spiro atoms. The highest BCUT2D eigenvalue weighted by atomic mass is 16.5. The number of nitrogens with two attached hydrogens (primary N) is 1. The van der Waals surface area contributed by atoms with Gasteiger partial charge >= 0.3 is 5.97 Å². The Kier molecular flexibility index (Phi) is 10.5. The average Bonchev–Trinajstić information content (AvgIpc) is 2.28. The highest BCUT2D eigenvalue weighted by Crippen LogP contribution is 2.07. The number of carbonyl (C=O) groups excluding carboxylic acids is 1. The van der Waals surface area contributed by atoms with E-state index < -0.39 is 0 Å². The minimum atomic E-state index is -0.0981. The van der Waals surface area contributed by atoms with Crippen LogP contribution in [0.4, 0.5) is 0 Å². The zero-order valence-electron chi connectivity index (χ0n) is 10.8. The van der Waals surface area contributed by atoms with Gasteiger partial charge in [-0.1, -0.05) is 46.0 Å². The summed E-state index contributed by atoms with van der Waals surface area (Å²) >= 11 is 0. The van der Waals surface area contributed by atoms with Crippen LogP contribution in [0.5, 0.6) is 0 Å². The van der Waals surface area contributed by atoms with Gasteiger partial charge in [-0.2, -0.15) is 0 Å². The van der Waals surface area contributed by atoms with Gasteiger partial charge in [0.25, 0.3) is 0 Å². The number of unbranched alkanes of at least 4 members (excludes halogenated alkanes) is 5. The van der Waals surface area contributed by atoms with Gasteiger partial charge in [0, 0.05) is 0 Å². The van der Waals surface area contributed by atoms with Crippen LogP contribution in [0.3, 0.4) is 0 Å². The van der Waals surface area contributed by atoms with Crippen LogP contribution in [0.25, 0.3) is 0 Å². The number of carbonyl (C=O) groups is 1. The first-order chi connectivity index (χ1) is 7.72. The molecule has 0 radical (unpaired) electrons. The Hall–Kier alpha value is -0.570. The lowest BCUT2D eigenvalue weighted by molar-refractivity contribution is -0.148. The van der Waals surface area contributed by atoms with Crippen molar-refractivity contribution in [3.05, 3.63) is 0 Å². The molecule has 0 aliphatic carbocycles. The number of rotatable bonds is 10. The Morgan fingerprint density at radius 3 is 2.44 bits per heavy atom. The second kappa shape index (κ2) is 10.9. The van der Waals surface area contributed by atoms with Gasteiger partial charge in [0.15, 0.2) is 0 Å². The minimum Gasteiger partial charge on any atom is -0.465 e. The van der Waals surface area contributed by atoms with Gasteiger partial charge in [0.1, 0.15) is 0 Å². The largest absolute Gasteiger partial charge is 0.465 e. The van der Waals surface area contributed by atoms with Crippen molar-refractivity contribution in [2.24, 2.45) is 11.7 Å². The molecule has 0 rings (SSSR count). The molecule has 2 N–H and O–H groups in total. The fraction of sp³-hybridized carbons (Fsp3) is 0.923. The Balaban J connectivity index is 3.27. The molecule has 0 bridgehead atoms. The van der Waals surface area contributed by atoms with Gasteiger partial charge in [-0.3, -0.25) is 4.79 Å². The maximum atomic E-state index is 11.4. The smallest absolute Gasteiger partial charge is 0.308 e. The van der Waals surface area contributed by atoms with Crippen molar-refractivity contribution in [2.45, 2.75) is 58.8 Å². The summed E-state index contributed by atoms with van der Waals surface area (Å²) < 4.78 is 5.17. The predicted molar refractivity (Wildman–Crippen MR) is 67.2 cm³/mol. The molecular formula is C13H27NO2. The lowest BCUT2D eigenvalue weighted by Gasteiger charge is -2.09. The Labute approximate surface area is 99.7 Å². The van der Waals surface area contributed by atoms with E-state index in [4.69, 9.17) is 10.5 Å². The standard InChI is InChI=1S/C13H27NO2/c1-3-4-5-6-7-8-11-16-13(15)12(2)9-10-14/h12H,3-11,14H2,1-2H3.